The molecule has 2 atom stereocenters. The summed E-state index contributed by atoms with van der Waals surface area (Å²) < 4.78 is 34.4. The van der Waals surface area contributed by atoms with E-state index in [1.54, 1.807) is 6.26 Å². The quantitative estimate of drug-likeness (QED) is 0.681. The predicted octanol–water partition coefficient (Wildman–Crippen LogP) is -0.307. The maximum atomic E-state index is 10.8. The summed E-state index contributed by atoms with van der Waals surface area (Å²) in [5.74, 6) is 0. The zero-order chi connectivity index (χ0) is 9.78. The number of sulfonamides is 1. The summed E-state index contributed by atoms with van der Waals surface area (Å²) in [6.45, 7) is 2.19. The molecule has 0 saturated carbocycles. The first-order valence-electron chi connectivity index (χ1n) is 3.60. The Balaban J connectivity index is 3.65. The molecule has 0 aromatic rings. The van der Waals surface area contributed by atoms with Crippen molar-refractivity contribution in [1.29, 1.82) is 0 Å². The van der Waals surface area contributed by atoms with Gasteiger partial charge in [0.15, 0.2) is 0 Å². The fourth-order valence-electron chi connectivity index (χ4n) is 0.614. The first kappa shape index (κ1) is 12.1. The minimum atomic E-state index is -3.09. The smallest absolute Gasteiger partial charge is 0.208 e. The van der Waals surface area contributed by atoms with E-state index in [1.807, 2.05) is 6.92 Å². The lowest BCUT2D eigenvalue weighted by Gasteiger charge is -2.07. The fraction of sp³-hybridized carbons (Fsp3) is 1.00. The van der Waals surface area contributed by atoms with Gasteiger partial charge >= 0.3 is 0 Å². The Bertz CT molecular complexity index is 248. The van der Waals surface area contributed by atoms with Crippen LogP contribution in [0.5, 0.6) is 0 Å². The van der Waals surface area contributed by atoms with Crippen LogP contribution in [0.25, 0.3) is 0 Å². The molecule has 74 valence electrons. The third-order valence-corrected chi connectivity index (χ3v) is 3.58. The Morgan fingerprint density at radius 2 is 2.00 bits per heavy atom. The summed E-state index contributed by atoms with van der Waals surface area (Å²) in [6, 6.07) is 0. The van der Waals surface area contributed by atoms with Gasteiger partial charge in [-0.2, -0.15) is 0 Å². The molecule has 0 radical (unpaired) electrons. The van der Waals surface area contributed by atoms with Crippen LogP contribution in [0.2, 0.25) is 0 Å². The lowest BCUT2D eigenvalue weighted by atomic mass is 10.3. The minimum Gasteiger partial charge on any atom is -0.260 e. The highest BCUT2D eigenvalue weighted by molar-refractivity contribution is 7.88. The van der Waals surface area contributed by atoms with E-state index in [0.717, 1.165) is 6.26 Å². The highest BCUT2D eigenvalue weighted by Gasteiger charge is 2.06. The van der Waals surface area contributed by atoms with Crippen molar-refractivity contribution < 1.29 is 12.6 Å². The topological polar surface area (TPSA) is 63.2 Å². The van der Waals surface area contributed by atoms with Crippen LogP contribution in [-0.2, 0) is 20.8 Å². The Labute approximate surface area is 76.2 Å². The van der Waals surface area contributed by atoms with Gasteiger partial charge in [0, 0.05) is 28.9 Å². The van der Waals surface area contributed by atoms with Crippen LogP contribution in [0, 0.1) is 0 Å². The van der Waals surface area contributed by atoms with Crippen LogP contribution in [-0.4, -0.2) is 36.9 Å². The van der Waals surface area contributed by atoms with E-state index < -0.39 is 20.8 Å². The fourth-order valence-corrected chi connectivity index (χ4v) is 1.55. The molecule has 0 heterocycles. The van der Waals surface area contributed by atoms with Crippen molar-refractivity contribution in [2.45, 2.75) is 18.6 Å². The third kappa shape index (κ3) is 6.75. The van der Waals surface area contributed by atoms with Crippen LogP contribution in [0.1, 0.15) is 13.3 Å². The third-order valence-electron chi connectivity index (χ3n) is 1.48. The molecule has 6 heteroatoms. The van der Waals surface area contributed by atoms with Gasteiger partial charge in [-0.15, -0.1) is 0 Å². The summed E-state index contributed by atoms with van der Waals surface area (Å²) in [7, 11) is -3.97. The zero-order valence-corrected chi connectivity index (χ0v) is 9.17. The molecule has 0 aromatic carbocycles. The van der Waals surface area contributed by atoms with Crippen molar-refractivity contribution in [3.63, 3.8) is 0 Å². The first-order valence-corrected chi connectivity index (χ1v) is 7.11. The second-order valence-corrected chi connectivity index (χ2v) is 6.40. The Kier molecular flexibility index (Phi) is 4.96. The van der Waals surface area contributed by atoms with E-state index in [-0.39, 0.29) is 5.25 Å². The van der Waals surface area contributed by atoms with E-state index in [2.05, 4.69) is 4.72 Å². The molecule has 1 N–H and O–H groups in total. The predicted molar refractivity (Wildman–Crippen MR) is 51.0 cm³/mol. The minimum absolute atomic E-state index is 0.0410. The van der Waals surface area contributed by atoms with Crippen LogP contribution in [0.3, 0.4) is 0 Å². The van der Waals surface area contributed by atoms with Crippen molar-refractivity contribution in [3.8, 4) is 0 Å². The standard InChI is InChI=1S/C6H15NO3S2/c1-6(11(2)8)4-5-7-12(3,9)10/h6-7H,4-5H2,1-3H3. The molecule has 4 nitrogen and oxygen atoms in total. The van der Waals surface area contributed by atoms with Crippen LogP contribution in [0.15, 0.2) is 0 Å². The van der Waals surface area contributed by atoms with Gasteiger partial charge in [-0.25, -0.2) is 13.1 Å². The van der Waals surface area contributed by atoms with Gasteiger partial charge in [0.05, 0.1) is 6.26 Å². The molecule has 0 aromatic heterocycles. The number of hydrogen-bond acceptors (Lipinski definition) is 3. The Hall–Kier alpha value is 0.0600. The summed E-state index contributed by atoms with van der Waals surface area (Å²) in [6.07, 6.45) is 3.34. The van der Waals surface area contributed by atoms with E-state index in [1.165, 1.54) is 0 Å². The molecule has 0 bridgehead atoms. The molecule has 0 saturated heterocycles. The number of nitrogens with one attached hydrogen (secondary N) is 1. The molecule has 0 rings (SSSR count). The average Bonchev–Trinajstić information content (AvgIpc) is 1.84. The van der Waals surface area contributed by atoms with E-state index in [4.69, 9.17) is 0 Å². The van der Waals surface area contributed by atoms with Gasteiger partial charge in [-0.3, -0.25) is 4.21 Å². The summed E-state index contributed by atoms with van der Waals surface area (Å²) in [4.78, 5) is 0. The van der Waals surface area contributed by atoms with Crippen molar-refractivity contribution in [2.75, 3.05) is 19.1 Å². The summed E-state index contributed by atoms with van der Waals surface area (Å²) in [5, 5.41) is 0.0410. The molecule has 0 spiro atoms. The first-order chi connectivity index (χ1) is 5.33. The average molecular weight is 213 g/mol. The molecular weight excluding hydrogens is 198 g/mol. The lowest BCUT2D eigenvalue weighted by molar-refractivity contribution is 0.584. The van der Waals surface area contributed by atoms with E-state index >= 15 is 0 Å². The van der Waals surface area contributed by atoms with Gasteiger partial charge in [0.1, 0.15) is 0 Å². The molecule has 2 unspecified atom stereocenters. The van der Waals surface area contributed by atoms with Crippen molar-refractivity contribution in [3.05, 3.63) is 0 Å². The highest BCUT2D eigenvalue weighted by atomic mass is 32.2. The van der Waals surface area contributed by atoms with Crippen LogP contribution >= 0.6 is 0 Å². The van der Waals surface area contributed by atoms with Gasteiger partial charge in [-0.05, 0) is 6.42 Å². The molecule has 0 aliphatic rings. The lowest BCUT2D eigenvalue weighted by Crippen LogP contribution is -2.26. The van der Waals surface area contributed by atoms with Gasteiger partial charge in [-0.1, -0.05) is 6.92 Å². The Morgan fingerprint density at radius 1 is 1.50 bits per heavy atom. The monoisotopic (exact) mass is 213 g/mol. The maximum Gasteiger partial charge on any atom is 0.208 e. The SMILES string of the molecule is CC(CCNS(C)(=O)=O)S(C)=O. The molecule has 12 heavy (non-hydrogen) atoms. The molecule has 0 aliphatic heterocycles. The second-order valence-electron chi connectivity index (χ2n) is 2.76. The summed E-state index contributed by atoms with van der Waals surface area (Å²) >= 11 is 0. The normalized spacial score (nSPS) is 17.2. The zero-order valence-electron chi connectivity index (χ0n) is 7.53. The largest absolute Gasteiger partial charge is 0.260 e. The summed E-state index contributed by atoms with van der Waals surface area (Å²) in [5.41, 5.74) is 0. The maximum absolute atomic E-state index is 10.8. The molecule has 0 amide bonds. The van der Waals surface area contributed by atoms with Crippen molar-refractivity contribution in [2.24, 2.45) is 0 Å². The van der Waals surface area contributed by atoms with Crippen molar-refractivity contribution in [1.82, 2.24) is 4.72 Å². The highest BCUT2D eigenvalue weighted by Crippen LogP contribution is 1.97. The Morgan fingerprint density at radius 3 is 2.33 bits per heavy atom. The van der Waals surface area contributed by atoms with E-state index in [9.17, 15) is 12.6 Å². The number of hydrogen-bond donors (Lipinski definition) is 1. The van der Waals surface area contributed by atoms with Crippen LogP contribution < -0.4 is 4.72 Å². The molecule has 0 fully saturated rings. The molecular formula is C6H15NO3S2. The second kappa shape index (κ2) is 4.94. The van der Waals surface area contributed by atoms with Gasteiger partial charge < -0.3 is 0 Å². The number of rotatable bonds is 5. The van der Waals surface area contributed by atoms with Gasteiger partial charge in [0.25, 0.3) is 0 Å². The van der Waals surface area contributed by atoms with E-state index in [0.29, 0.717) is 13.0 Å². The van der Waals surface area contributed by atoms with Crippen LogP contribution in [0.4, 0.5) is 0 Å². The van der Waals surface area contributed by atoms with Crippen molar-refractivity contribution >= 4 is 20.8 Å². The molecule has 0 aliphatic carbocycles. The van der Waals surface area contributed by atoms with Gasteiger partial charge in [0.2, 0.25) is 10.0 Å².